The van der Waals surface area contributed by atoms with E-state index in [0.29, 0.717) is 28.3 Å². The van der Waals surface area contributed by atoms with E-state index in [9.17, 15) is 9.50 Å². The minimum absolute atomic E-state index is 0.241. The molecule has 0 bridgehead atoms. The highest BCUT2D eigenvalue weighted by molar-refractivity contribution is 6.36. The Bertz CT molecular complexity index is 1070. The summed E-state index contributed by atoms with van der Waals surface area (Å²) < 4.78 is 15.4. The van der Waals surface area contributed by atoms with Crippen LogP contribution < -0.4 is 4.90 Å². The molecule has 0 radical (unpaired) electrons. The second kappa shape index (κ2) is 7.42. The molecular weight excluding hydrogens is 414 g/mol. The van der Waals surface area contributed by atoms with Crippen molar-refractivity contribution in [3.63, 3.8) is 0 Å². The number of rotatable bonds is 3. The van der Waals surface area contributed by atoms with Gasteiger partial charge in [-0.3, -0.25) is 0 Å². The zero-order valence-electron chi connectivity index (χ0n) is 16.6. The summed E-state index contributed by atoms with van der Waals surface area (Å²) in [6, 6.07) is 4.24. The maximum atomic E-state index is 13.7. The predicted octanol–water partition coefficient (Wildman–Crippen LogP) is 5.31. The second-order valence-corrected chi connectivity index (χ2v) is 9.01. The van der Waals surface area contributed by atoms with Gasteiger partial charge in [0, 0.05) is 24.2 Å². The first kappa shape index (κ1) is 20.4. The molecule has 154 valence electrons. The lowest BCUT2D eigenvalue weighted by Crippen LogP contribution is -2.35. The topological polar surface area (TPSA) is 53.7 Å². The zero-order chi connectivity index (χ0) is 20.9. The lowest BCUT2D eigenvalue weighted by atomic mass is 9.98. The Kier molecular flexibility index (Phi) is 5.21. The quantitative estimate of drug-likeness (QED) is 0.565. The third-order valence-corrected chi connectivity index (χ3v) is 6.11. The van der Waals surface area contributed by atoms with Crippen molar-refractivity contribution in [2.75, 3.05) is 18.0 Å². The van der Waals surface area contributed by atoms with E-state index in [2.05, 4.69) is 21.9 Å². The second-order valence-electron chi connectivity index (χ2n) is 8.25. The molecule has 5 nitrogen and oxygen atoms in total. The minimum Gasteiger partial charge on any atom is -0.386 e. The average molecular weight is 437 g/mol. The number of hydrogen-bond donors (Lipinski definition) is 1. The molecule has 1 saturated heterocycles. The molecule has 1 aliphatic rings. The van der Waals surface area contributed by atoms with Crippen LogP contribution in [0.15, 0.2) is 24.4 Å². The van der Waals surface area contributed by atoms with Crippen LogP contribution in [0.4, 0.5) is 10.2 Å². The van der Waals surface area contributed by atoms with E-state index < -0.39 is 11.4 Å². The van der Waals surface area contributed by atoms with Gasteiger partial charge >= 0.3 is 0 Å². The maximum Gasteiger partial charge on any atom is 0.165 e. The highest BCUT2D eigenvalue weighted by atomic mass is 35.5. The van der Waals surface area contributed by atoms with Crippen molar-refractivity contribution in [1.82, 2.24) is 14.6 Å². The lowest BCUT2D eigenvalue weighted by molar-refractivity contribution is 0.0799. The summed E-state index contributed by atoms with van der Waals surface area (Å²) in [6.45, 7) is 7.28. The van der Waals surface area contributed by atoms with E-state index in [1.807, 2.05) is 0 Å². The van der Waals surface area contributed by atoms with Gasteiger partial charge in [0.15, 0.2) is 5.65 Å². The fourth-order valence-corrected chi connectivity index (χ4v) is 4.35. The molecule has 0 spiro atoms. The van der Waals surface area contributed by atoms with Gasteiger partial charge in [0.2, 0.25) is 0 Å². The van der Waals surface area contributed by atoms with Crippen molar-refractivity contribution < 1.29 is 9.50 Å². The highest BCUT2D eigenvalue weighted by Crippen LogP contribution is 2.42. The van der Waals surface area contributed by atoms with E-state index in [0.717, 1.165) is 31.7 Å². The number of aromatic nitrogens is 3. The molecule has 0 aliphatic carbocycles. The maximum absolute atomic E-state index is 13.7. The molecular formula is C21H23Cl2FN4O. The van der Waals surface area contributed by atoms with Crippen LogP contribution in [0.3, 0.4) is 0 Å². The lowest BCUT2D eigenvalue weighted by Gasteiger charge is -2.33. The molecule has 3 heterocycles. The molecule has 1 N–H and O–H groups in total. The van der Waals surface area contributed by atoms with Crippen LogP contribution in [0, 0.1) is 11.7 Å². The number of halogens is 3. The van der Waals surface area contributed by atoms with Gasteiger partial charge < -0.3 is 10.0 Å². The van der Waals surface area contributed by atoms with Crippen LogP contribution >= 0.6 is 23.2 Å². The molecule has 1 fully saturated rings. The molecule has 1 aromatic carbocycles. The van der Waals surface area contributed by atoms with Gasteiger partial charge in [0.25, 0.3) is 0 Å². The molecule has 0 saturated carbocycles. The summed E-state index contributed by atoms with van der Waals surface area (Å²) in [5, 5.41) is 15.6. The molecule has 8 heteroatoms. The summed E-state index contributed by atoms with van der Waals surface area (Å²) in [5.74, 6) is 0.984. The highest BCUT2D eigenvalue weighted by Gasteiger charge is 2.30. The molecule has 2 aromatic heterocycles. The van der Waals surface area contributed by atoms with Gasteiger partial charge in [0.1, 0.15) is 16.8 Å². The van der Waals surface area contributed by atoms with Gasteiger partial charge in [0.05, 0.1) is 22.4 Å². The van der Waals surface area contributed by atoms with E-state index in [-0.39, 0.29) is 10.2 Å². The van der Waals surface area contributed by atoms with Gasteiger partial charge in [-0.2, -0.15) is 9.61 Å². The first-order valence-corrected chi connectivity index (χ1v) is 10.4. The van der Waals surface area contributed by atoms with Crippen LogP contribution in [0.25, 0.3) is 16.8 Å². The smallest absolute Gasteiger partial charge is 0.165 e. The van der Waals surface area contributed by atoms with E-state index >= 15 is 0 Å². The van der Waals surface area contributed by atoms with Gasteiger partial charge in [-0.05, 0) is 50.8 Å². The standard InChI is InChI=1S/C21H23Cl2FN4O/c1-12-6-8-27(9-7-12)20-17(14-5-4-13(24)10-16(14)22)18(23)26-19-15(21(2,3)29)11-25-28(19)20/h4-5,10-12,29H,6-9H2,1-3H3. The first-order valence-electron chi connectivity index (χ1n) is 9.67. The molecule has 0 amide bonds. The van der Waals surface area contributed by atoms with Crippen molar-refractivity contribution in [2.45, 2.75) is 39.2 Å². The Hall–Kier alpha value is -1.89. The third-order valence-electron chi connectivity index (χ3n) is 5.52. The van der Waals surface area contributed by atoms with Crippen LogP contribution in [-0.2, 0) is 5.60 Å². The van der Waals surface area contributed by atoms with Crippen LogP contribution in [0.2, 0.25) is 10.2 Å². The summed E-state index contributed by atoms with van der Waals surface area (Å²) >= 11 is 13.1. The molecule has 0 atom stereocenters. The Balaban J connectivity index is 2.02. The summed E-state index contributed by atoms with van der Waals surface area (Å²) in [5.41, 5.74) is 1.17. The first-order chi connectivity index (χ1) is 13.7. The zero-order valence-corrected chi connectivity index (χ0v) is 18.1. The normalized spacial score (nSPS) is 16.0. The van der Waals surface area contributed by atoms with Crippen molar-refractivity contribution in [2.24, 2.45) is 5.92 Å². The number of piperidine rings is 1. The van der Waals surface area contributed by atoms with Gasteiger partial charge in [-0.1, -0.05) is 30.1 Å². The van der Waals surface area contributed by atoms with E-state index in [1.165, 1.54) is 12.1 Å². The molecule has 0 unspecified atom stereocenters. The van der Waals surface area contributed by atoms with Crippen molar-refractivity contribution >= 4 is 34.7 Å². The monoisotopic (exact) mass is 436 g/mol. The summed E-state index contributed by atoms with van der Waals surface area (Å²) in [6.07, 6.45) is 3.69. The Morgan fingerprint density at radius 1 is 1.21 bits per heavy atom. The van der Waals surface area contributed by atoms with Crippen molar-refractivity contribution in [3.8, 4) is 11.1 Å². The molecule has 29 heavy (non-hydrogen) atoms. The number of hydrogen-bond acceptors (Lipinski definition) is 4. The van der Waals surface area contributed by atoms with Crippen molar-refractivity contribution in [1.29, 1.82) is 0 Å². The summed E-state index contributed by atoms with van der Waals surface area (Å²) in [7, 11) is 0. The molecule has 3 aromatic rings. The Morgan fingerprint density at radius 3 is 2.52 bits per heavy atom. The number of nitrogens with zero attached hydrogens (tertiary/aromatic N) is 4. The number of anilines is 1. The fraction of sp³-hybridized carbons (Fsp3) is 0.429. The Morgan fingerprint density at radius 2 is 1.90 bits per heavy atom. The van der Waals surface area contributed by atoms with E-state index in [4.69, 9.17) is 23.2 Å². The minimum atomic E-state index is -1.12. The fourth-order valence-electron chi connectivity index (χ4n) is 3.82. The third kappa shape index (κ3) is 3.69. The predicted molar refractivity (Wildman–Crippen MR) is 114 cm³/mol. The number of fused-ring (bicyclic) bond motifs is 1. The summed E-state index contributed by atoms with van der Waals surface area (Å²) in [4.78, 5) is 6.76. The Labute approximate surface area is 179 Å². The largest absolute Gasteiger partial charge is 0.386 e. The van der Waals surface area contributed by atoms with E-state index in [1.54, 1.807) is 30.6 Å². The van der Waals surface area contributed by atoms with Crippen LogP contribution in [0.1, 0.15) is 39.2 Å². The van der Waals surface area contributed by atoms with Gasteiger partial charge in [-0.15, -0.1) is 0 Å². The number of aliphatic hydroxyl groups is 1. The molecule has 1 aliphatic heterocycles. The van der Waals surface area contributed by atoms with Crippen molar-refractivity contribution in [3.05, 3.63) is 46.0 Å². The van der Waals surface area contributed by atoms with Crippen LogP contribution in [0.5, 0.6) is 0 Å². The average Bonchev–Trinajstić information content (AvgIpc) is 3.06. The number of benzene rings is 1. The SMILES string of the molecule is CC1CCN(c2c(-c3ccc(F)cc3Cl)c(Cl)nc3c(C(C)(C)O)cnn23)CC1. The van der Waals surface area contributed by atoms with Crippen LogP contribution in [-0.4, -0.2) is 32.8 Å². The molecule has 4 rings (SSSR count). The van der Waals surface area contributed by atoms with Gasteiger partial charge in [-0.25, -0.2) is 9.37 Å².